The Hall–Kier alpha value is -8.29. The number of H-pyrrole nitrogens is 1. The minimum absolute atomic E-state index is 0.00684. The number of nitrogens with two attached hydrogens (primary N) is 3. The van der Waals surface area contributed by atoms with Gasteiger partial charge in [-0.3, -0.25) is 62.3 Å². The molecule has 0 unspecified atom stereocenters. The summed E-state index contributed by atoms with van der Waals surface area (Å²) in [7, 11) is 0. The number of carbonyl (C=O) groups excluding carboxylic acids is 12. The highest BCUT2D eigenvalue weighted by molar-refractivity contribution is 6.00. The van der Waals surface area contributed by atoms with E-state index in [1.54, 1.807) is 58.2 Å². The molecule has 1 heterocycles. The molecule has 1 fully saturated rings. The van der Waals surface area contributed by atoms with Crippen LogP contribution in [0.5, 0.6) is 0 Å². The maximum absolute atomic E-state index is 14.6. The number of nitrogens with one attached hydrogen (secondary N) is 13. The number of hydrogen-bond donors (Lipinski definition) is 18. The smallest absolute Gasteiger partial charge is 0.325 e. The van der Waals surface area contributed by atoms with E-state index >= 15 is 0 Å². The highest BCUT2D eigenvalue weighted by atomic mass is 16.4. The number of aliphatic hydroxyl groups excluding tert-OH is 1. The molecular formula is C65H108N16O15. The van der Waals surface area contributed by atoms with Crippen LogP contribution in [0.2, 0.25) is 0 Å². The van der Waals surface area contributed by atoms with Gasteiger partial charge in [0, 0.05) is 23.5 Å². The van der Waals surface area contributed by atoms with Gasteiger partial charge in [-0.2, -0.15) is 0 Å². The molecule has 1 aliphatic carbocycles. The van der Waals surface area contributed by atoms with Crippen molar-refractivity contribution in [3.63, 3.8) is 0 Å². The Morgan fingerprint density at radius 2 is 0.875 bits per heavy atom. The second-order valence-electron chi connectivity index (χ2n) is 26.0. The van der Waals surface area contributed by atoms with Crippen LogP contribution in [0.15, 0.2) is 30.5 Å². The Bertz CT molecular complexity index is 2950. The van der Waals surface area contributed by atoms with Crippen LogP contribution in [0.4, 0.5) is 0 Å². The van der Waals surface area contributed by atoms with E-state index in [4.69, 9.17) is 22.3 Å². The van der Waals surface area contributed by atoms with Gasteiger partial charge in [0.15, 0.2) is 0 Å². The van der Waals surface area contributed by atoms with E-state index in [9.17, 15) is 67.4 Å². The van der Waals surface area contributed by atoms with Crippen LogP contribution < -0.4 is 81.0 Å². The number of amides is 12. The third-order valence-electron chi connectivity index (χ3n) is 16.6. The zero-order valence-corrected chi connectivity index (χ0v) is 57.4. The fourth-order valence-electron chi connectivity index (χ4n) is 10.8. The highest BCUT2D eigenvalue weighted by Gasteiger charge is 2.38. The lowest BCUT2D eigenvalue weighted by atomic mass is 9.84. The van der Waals surface area contributed by atoms with Crippen molar-refractivity contribution in [1.29, 1.82) is 0 Å². The Morgan fingerprint density at radius 3 is 1.38 bits per heavy atom. The van der Waals surface area contributed by atoms with Crippen molar-refractivity contribution in [2.24, 2.45) is 35.0 Å². The van der Waals surface area contributed by atoms with Crippen LogP contribution in [0.25, 0.3) is 10.9 Å². The predicted octanol–water partition coefficient (Wildman–Crippen LogP) is -1.63. The third kappa shape index (κ3) is 27.4. The Labute approximate surface area is 561 Å². The van der Waals surface area contributed by atoms with Crippen molar-refractivity contribution < 1.29 is 72.5 Å². The molecule has 12 amide bonds. The number of fused-ring (bicyclic) bond motifs is 1. The van der Waals surface area contributed by atoms with E-state index in [0.717, 1.165) is 32.1 Å². The number of aromatic amines is 1. The molecule has 3 rings (SSSR count). The number of hydrogen-bond acceptors (Lipinski definition) is 17. The minimum Gasteiger partial charge on any atom is -0.480 e. The average molecular weight is 1350 g/mol. The summed E-state index contributed by atoms with van der Waals surface area (Å²) in [5.41, 5.74) is 18.5. The molecule has 21 N–H and O–H groups in total. The van der Waals surface area contributed by atoms with Crippen LogP contribution in [0.1, 0.15) is 165 Å². The standard InChI is InChI=1S/C65H108N16O15/c1-33(2)29-48(60(90)76-46(25-17-19-27-66)58(88)72-37(7)54(84)70-36(6)56(86)74-40(10)65(95)96)79-64(94)52(41(11)82)81-62(92)50(31-43-32-69-45-24-16-15-23-44(43)45)77-57(87)39(9)71-55(85)38(8)73-63(93)51(34(3)4)80-61(91)49(30-42-21-13-12-14-22-42)78-59(89)47(26-18-20-28-67)75-53(83)35(5)68/h15-16,23-24,32-42,46-52,69,82H,12-14,17-22,25-31,66-68H2,1-11H3,(H,70,84)(H,71,85)(H,72,88)(H,73,93)(H,74,86)(H,75,83)(H,76,90)(H,77,87)(H,78,89)(H,79,94)(H,80,91)(H,81,92)(H,95,96)/t35-,36-,37-,38-,39-,40-,41+,46-,47-,48-,49-,50-,51-,52-/m0/s1. The molecule has 14 atom stereocenters. The second-order valence-corrected chi connectivity index (χ2v) is 26.0. The quantitative estimate of drug-likeness (QED) is 0.0332. The van der Waals surface area contributed by atoms with Gasteiger partial charge in [0.1, 0.15) is 72.5 Å². The molecule has 1 aliphatic rings. The van der Waals surface area contributed by atoms with Crippen molar-refractivity contribution >= 4 is 87.8 Å². The van der Waals surface area contributed by atoms with Crippen molar-refractivity contribution in [1.82, 2.24) is 68.8 Å². The van der Waals surface area contributed by atoms with Gasteiger partial charge in [-0.1, -0.05) is 78.0 Å². The summed E-state index contributed by atoms with van der Waals surface area (Å²) in [6, 6.07) is -9.40. The van der Waals surface area contributed by atoms with E-state index in [2.05, 4.69) is 68.8 Å². The van der Waals surface area contributed by atoms with E-state index in [0.29, 0.717) is 48.7 Å². The van der Waals surface area contributed by atoms with Crippen molar-refractivity contribution in [2.45, 2.75) is 251 Å². The summed E-state index contributed by atoms with van der Waals surface area (Å²) < 4.78 is 0. The predicted molar refractivity (Wildman–Crippen MR) is 358 cm³/mol. The third-order valence-corrected chi connectivity index (χ3v) is 16.6. The van der Waals surface area contributed by atoms with Gasteiger partial charge in [0.2, 0.25) is 70.9 Å². The lowest BCUT2D eigenvalue weighted by Gasteiger charge is -2.30. The number of carboxylic acids is 1. The largest absolute Gasteiger partial charge is 0.480 e. The fraction of sp³-hybridized carbons (Fsp3) is 0.677. The molecule has 1 aromatic carbocycles. The lowest BCUT2D eigenvalue weighted by Crippen LogP contribution is -2.62. The van der Waals surface area contributed by atoms with Crippen LogP contribution in [0.3, 0.4) is 0 Å². The zero-order chi connectivity index (χ0) is 72.1. The van der Waals surface area contributed by atoms with Crippen LogP contribution in [0, 0.1) is 17.8 Å². The minimum atomic E-state index is -1.76. The number of aliphatic carboxylic acids is 1. The van der Waals surface area contributed by atoms with E-state index in [1.165, 1.54) is 48.5 Å². The molecule has 96 heavy (non-hydrogen) atoms. The maximum atomic E-state index is 14.6. The Kier molecular flexibility index (Phi) is 35.0. The van der Waals surface area contributed by atoms with Gasteiger partial charge >= 0.3 is 5.97 Å². The lowest BCUT2D eigenvalue weighted by molar-refractivity contribution is -0.141. The monoisotopic (exact) mass is 1350 g/mol. The van der Waals surface area contributed by atoms with Crippen molar-refractivity contribution in [2.75, 3.05) is 13.1 Å². The van der Waals surface area contributed by atoms with Gasteiger partial charge in [0.05, 0.1) is 12.1 Å². The van der Waals surface area contributed by atoms with Crippen molar-refractivity contribution in [3.8, 4) is 0 Å². The summed E-state index contributed by atoms with van der Waals surface area (Å²) >= 11 is 0. The van der Waals surface area contributed by atoms with Crippen molar-refractivity contribution in [3.05, 3.63) is 36.0 Å². The number of aromatic nitrogens is 1. The topological polar surface area (TPSA) is 501 Å². The average Bonchev–Trinajstić information content (AvgIpc) is 1.63. The second kappa shape index (κ2) is 41.0. The molecule has 0 saturated heterocycles. The molecule has 0 radical (unpaired) electrons. The molecule has 31 nitrogen and oxygen atoms in total. The Balaban J connectivity index is 1.82. The number of carboxylic acid groups (broad SMARTS) is 1. The number of rotatable bonds is 41. The molecule has 0 aliphatic heterocycles. The molecule has 0 bridgehead atoms. The summed E-state index contributed by atoms with van der Waals surface area (Å²) in [5, 5.41) is 52.0. The number of carbonyl (C=O) groups is 13. The molecule has 0 spiro atoms. The number of aliphatic hydroxyl groups is 1. The number of benzene rings is 1. The zero-order valence-electron chi connectivity index (χ0n) is 57.4. The molecule has 1 saturated carbocycles. The van der Waals surface area contributed by atoms with E-state index in [-0.39, 0.29) is 50.5 Å². The van der Waals surface area contributed by atoms with Gasteiger partial charge in [-0.05, 0) is 142 Å². The summed E-state index contributed by atoms with van der Waals surface area (Å²) in [6.45, 7) is 16.8. The first-order chi connectivity index (χ1) is 45.2. The summed E-state index contributed by atoms with van der Waals surface area (Å²) in [4.78, 5) is 180. The van der Waals surface area contributed by atoms with Gasteiger partial charge in [-0.25, -0.2) is 0 Å². The maximum Gasteiger partial charge on any atom is 0.325 e. The number of para-hydroxylation sites is 1. The first-order valence-electron chi connectivity index (χ1n) is 33.5. The molecule has 2 aromatic rings. The van der Waals surface area contributed by atoms with Crippen LogP contribution in [-0.2, 0) is 68.7 Å². The molecule has 31 heteroatoms. The van der Waals surface area contributed by atoms with E-state index < -0.39 is 167 Å². The van der Waals surface area contributed by atoms with Gasteiger partial charge in [0.25, 0.3) is 0 Å². The molecule has 1 aromatic heterocycles. The molecule has 538 valence electrons. The fourth-order valence-corrected chi connectivity index (χ4v) is 10.8. The van der Waals surface area contributed by atoms with Crippen LogP contribution >= 0.6 is 0 Å². The van der Waals surface area contributed by atoms with Gasteiger partial charge in [-0.15, -0.1) is 0 Å². The first kappa shape index (κ1) is 81.9. The highest BCUT2D eigenvalue weighted by Crippen LogP contribution is 2.28. The normalized spacial score (nSPS) is 16.9. The SMILES string of the molecule is CC(C)C[C@H](NC(=O)[C@@H](NC(=O)[C@H](Cc1c[nH]c2ccccc12)NC(=O)[C@H](C)NC(=O)[C@H](C)NC(=O)[C@@H](NC(=O)[C@H](CC1CCCCC1)NC(=O)[C@H](CCCCN)NC(=O)[C@H](C)N)C(C)C)[C@@H](C)O)C(=O)N[C@@H](CCCCN)C(=O)N[C@@H](C)C(=O)N[C@@H](C)C(=O)N[C@@H](C)C(=O)O. The Morgan fingerprint density at radius 1 is 0.469 bits per heavy atom. The summed E-state index contributed by atoms with van der Waals surface area (Å²) in [5.74, 6) is -11.5. The first-order valence-corrected chi connectivity index (χ1v) is 33.5. The van der Waals surface area contributed by atoms with Gasteiger partial charge < -0.3 is 96.2 Å². The number of unbranched alkanes of at least 4 members (excludes halogenated alkanes) is 2. The van der Waals surface area contributed by atoms with E-state index in [1.807, 2.05) is 0 Å². The van der Waals surface area contributed by atoms with Crippen LogP contribution in [-0.4, -0.2) is 190 Å². The summed E-state index contributed by atoms with van der Waals surface area (Å²) in [6.07, 6.45) is 6.81. The molecular weight excluding hydrogens is 1240 g/mol.